The van der Waals surface area contributed by atoms with Gasteiger partial charge in [-0.05, 0) is 23.0 Å². The van der Waals surface area contributed by atoms with E-state index in [4.69, 9.17) is 5.73 Å². The van der Waals surface area contributed by atoms with Gasteiger partial charge in [-0.15, -0.1) is 0 Å². The van der Waals surface area contributed by atoms with E-state index in [0.717, 1.165) is 11.8 Å². The van der Waals surface area contributed by atoms with Crippen molar-refractivity contribution in [1.29, 1.82) is 0 Å². The molecule has 2 atom stereocenters. The first-order chi connectivity index (χ1) is 9.95. The Kier molecular flexibility index (Phi) is 5.75. The fourth-order valence-corrected chi connectivity index (χ4v) is 4.18. The van der Waals surface area contributed by atoms with E-state index in [2.05, 4.69) is 68.6 Å². The van der Waals surface area contributed by atoms with E-state index in [1.807, 2.05) is 0 Å². The zero-order valence-electron chi connectivity index (χ0n) is 13.9. The van der Waals surface area contributed by atoms with Gasteiger partial charge in [0.05, 0.1) is 0 Å². The van der Waals surface area contributed by atoms with Gasteiger partial charge in [-0.25, -0.2) is 0 Å². The number of hydrogen-bond donors (Lipinski definition) is 1. The lowest BCUT2D eigenvalue weighted by Crippen LogP contribution is -2.42. The van der Waals surface area contributed by atoms with Crippen molar-refractivity contribution in [3.63, 3.8) is 0 Å². The van der Waals surface area contributed by atoms with Crippen LogP contribution in [0.25, 0.3) is 0 Å². The summed E-state index contributed by atoms with van der Waals surface area (Å²) < 4.78 is 0. The molecule has 2 rings (SSSR count). The molecule has 1 aliphatic rings. The van der Waals surface area contributed by atoms with Crippen LogP contribution in [0.2, 0.25) is 0 Å². The van der Waals surface area contributed by atoms with E-state index < -0.39 is 0 Å². The van der Waals surface area contributed by atoms with Crippen LogP contribution < -0.4 is 5.73 Å². The number of benzene rings is 1. The summed E-state index contributed by atoms with van der Waals surface area (Å²) in [5, 5.41) is 0.765. The summed E-state index contributed by atoms with van der Waals surface area (Å²) in [4.78, 5) is 2.58. The fourth-order valence-electron chi connectivity index (χ4n) is 2.97. The molecule has 0 radical (unpaired) electrons. The maximum Gasteiger partial charge on any atom is 0.0471 e. The SMILES string of the molecule is CCC1CN(C(CN)c2ccc(C(C)(C)C)cc2)CCS1. The molecule has 2 N–H and O–H groups in total. The molecular weight excluding hydrogens is 276 g/mol. The summed E-state index contributed by atoms with van der Waals surface area (Å²) in [6.07, 6.45) is 1.25. The minimum Gasteiger partial charge on any atom is -0.329 e. The summed E-state index contributed by atoms with van der Waals surface area (Å²) in [6, 6.07) is 9.47. The van der Waals surface area contributed by atoms with Crippen molar-refractivity contribution in [2.45, 2.75) is 50.8 Å². The molecule has 0 saturated carbocycles. The molecule has 0 aliphatic carbocycles. The molecule has 1 saturated heterocycles. The van der Waals surface area contributed by atoms with Crippen LogP contribution in [0.3, 0.4) is 0 Å². The summed E-state index contributed by atoms with van der Waals surface area (Å²) in [5.41, 5.74) is 9.07. The van der Waals surface area contributed by atoms with Crippen molar-refractivity contribution in [3.8, 4) is 0 Å². The second-order valence-electron chi connectivity index (χ2n) is 7.02. The molecule has 0 bridgehead atoms. The van der Waals surface area contributed by atoms with Crippen molar-refractivity contribution in [2.24, 2.45) is 5.73 Å². The molecule has 1 aliphatic heterocycles. The minimum atomic E-state index is 0.214. The summed E-state index contributed by atoms with van der Waals surface area (Å²) in [5.74, 6) is 1.23. The highest BCUT2D eigenvalue weighted by Gasteiger charge is 2.26. The van der Waals surface area contributed by atoms with Gasteiger partial charge in [0.25, 0.3) is 0 Å². The van der Waals surface area contributed by atoms with Gasteiger partial charge in [0.1, 0.15) is 0 Å². The summed E-state index contributed by atoms with van der Waals surface area (Å²) >= 11 is 2.11. The number of thioether (sulfide) groups is 1. The Morgan fingerprint density at radius 1 is 1.29 bits per heavy atom. The van der Waals surface area contributed by atoms with Gasteiger partial charge in [0.2, 0.25) is 0 Å². The molecule has 2 unspecified atom stereocenters. The second-order valence-corrected chi connectivity index (χ2v) is 8.43. The Balaban J connectivity index is 2.13. The predicted molar refractivity (Wildman–Crippen MR) is 95.0 cm³/mol. The molecule has 118 valence electrons. The van der Waals surface area contributed by atoms with Gasteiger partial charge >= 0.3 is 0 Å². The van der Waals surface area contributed by atoms with E-state index in [9.17, 15) is 0 Å². The molecule has 1 heterocycles. The van der Waals surface area contributed by atoms with E-state index >= 15 is 0 Å². The lowest BCUT2D eigenvalue weighted by atomic mass is 9.86. The van der Waals surface area contributed by atoms with Crippen LogP contribution in [0.4, 0.5) is 0 Å². The predicted octanol–water partition coefficient (Wildman–Crippen LogP) is 3.81. The normalized spacial score (nSPS) is 22.2. The topological polar surface area (TPSA) is 29.3 Å². The molecule has 2 nitrogen and oxygen atoms in total. The molecular formula is C18H30N2S. The smallest absolute Gasteiger partial charge is 0.0471 e. The van der Waals surface area contributed by atoms with Crippen molar-refractivity contribution in [1.82, 2.24) is 4.90 Å². The quantitative estimate of drug-likeness (QED) is 0.917. The van der Waals surface area contributed by atoms with Crippen LogP contribution in [-0.4, -0.2) is 35.5 Å². The molecule has 0 aromatic heterocycles. The number of rotatable bonds is 4. The third kappa shape index (κ3) is 4.24. The molecule has 1 aromatic rings. The van der Waals surface area contributed by atoms with Crippen LogP contribution in [0.1, 0.15) is 51.3 Å². The van der Waals surface area contributed by atoms with E-state index in [1.165, 1.54) is 29.8 Å². The van der Waals surface area contributed by atoms with Crippen molar-refractivity contribution in [3.05, 3.63) is 35.4 Å². The maximum absolute atomic E-state index is 6.10. The van der Waals surface area contributed by atoms with Gasteiger partial charge in [-0.3, -0.25) is 4.90 Å². The fraction of sp³-hybridized carbons (Fsp3) is 0.667. The van der Waals surface area contributed by atoms with Gasteiger partial charge in [0, 0.05) is 36.7 Å². The third-order valence-electron chi connectivity index (χ3n) is 4.45. The average Bonchev–Trinajstić information content (AvgIpc) is 2.48. The summed E-state index contributed by atoms with van der Waals surface area (Å²) in [7, 11) is 0. The standard InChI is InChI=1S/C18H30N2S/c1-5-16-13-20(10-11-21-16)17(12-19)14-6-8-15(9-7-14)18(2,3)4/h6-9,16-17H,5,10-13,19H2,1-4H3. The Morgan fingerprint density at radius 2 is 1.95 bits per heavy atom. The van der Waals surface area contributed by atoms with Crippen LogP contribution in [0.15, 0.2) is 24.3 Å². The van der Waals surface area contributed by atoms with E-state index in [0.29, 0.717) is 12.6 Å². The summed E-state index contributed by atoms with van der Waals surface area (Å²) in [6.45, 7) is 12.1. The first kappa shape index (κ1) is 16.9. The van der Waals surface area contributed by atoms with Crippen LogP contribution in [0, 0.1) is 0 Å². The lowest BCUT2D eigenvalue weighted by Gasteiger charge is -2.37. The Labute approximate surface area is 134 Å². The molecule has 0 amide bonds. The van der Waals surface area contributed by atoms with Gasteiger partial charge in [-0.1, -0.05) is 52.0 Å². The highest BCUT2D eigenvalue weighted by atomic mass is 32.2. The zero-order valence-corrected chi connectivity index (χ0v) is 14.7. The van der Waals surface area contributed by atoms with Gasteiger partial charge in [-0.2, -0.15) is 11.8 Å². The lowest BCUT2D eigenvalue weighted by molar-refractivity contribution is 0.207. The van der Waals surface area contributed by atoms with E-state index in [1.54, 1.807) is 0 Å². The van der Waals surface area contributed by atoms with E-state index in [-0.39, 0.29) is 5.41 Å². The van der Waals surface area contributed by atoms with Crippen LogP contribution in [-0.2, 0) is 5.41 Å². The molecule has 1 fully saturated rings. The first-order valence-electron chi connectivity index (χ1n) is 8.12. The van der Waals surface area contributed by atoms with Crippen molar-refractivity contribution in [2.75, 3.05) is 25.4 Å². The Bertz CT molecular complexity index is 436. The van der Waals surface area contributed by atoms with Gasteiger partial charge in [0.15, 0.2) is 0 Å². The second kappa shape index (κ2) is 7.17. The molecule has 1 aromatic carbocycles. The minimum absolute atomic E-state index is 0.214. The maximum atomic E-state index is 6.10. The molecule has 21 heavy (non-hydrogen) atoms. The zero-order chi connectivity index (χ0) is 15.5. The molecule has 0 spiro atoms. The van der Waals surface area contributed by atoms with Gasteiger partial charge < -0.3 is 5.73 Å². The third-order valence-corrected chi connectivity index (χ3v) is 5.82. The average molecular weight is 307 g/mol. The highest BCUT2D eigenvalue weighted by molar-refractivity contribution is 8.00. The molecule has 3 heteroatoms. The van der Waals surface area contributed by atoms with Crippen LogP contribution >= 0.6 is 11.8 Å². The Hall–Kier alpha value is -0.510. The van der Waals surface area contributed by atoms with Crippen molar-refractivity contribution < 1.29 is 0 Å². The number of hydrogen-bond acceptors (Lipinski definition) is 3. The largest absolute Gasteiger partial charge is 0.329 e. The highest BCUT2D eigenvalue weighted by Crippen LogP contribution is 2.30. The first-order valence-corrected chi connectivity index (χ1v) is 9.16. The monoisotopic (exact) mass is 306 g/mol. The van der Waals surface area contributed by atoms with Crippen LogP contribution in [0.5, 0.6) is 0 Å². The van der Waals surface area contributed by atoms with Crippen molar-refractivity contribution >= 4 is 11.8 Å². The number of nitrogens with two attached hydrogens (primary N) is 1. The number of nitrogens with zero attached hydrogens (tertiary/aromatic N) is 1. The Morgan fingerprint density at radius 3 is 2.48 bits per heavy atom.